The lowest BCUT2D eigenvalue weighted by Crippen LogP contribution is -2.51. The summed E-state index contributed by atoms with van der Waals surface area (Å²) in [5.41, 5.74) is 2.16. The fourth-order valence-electron chi connectivity index (χ4n) is 5.93. The Balaban J connectivity index is 1.59. The second-order valence-electron chi connectivity index (χ2n) is 8.72. The Morgan fingerprint density at radius 2 is 1.84 bits per heavy atom. The quantitative estimate of drug-likeness (QED) is 0.773. The highest BCUT2D eigenvalue weighted by Crippen LogP contribution is 2.46. The lowest BCUT2D eigenvalue weighted by molar-refractivity contribution is -0.148. The predicted molar refractivity (Wildman–Crippen MR) is 118 cm³/mol. The summed E-state index contributed by atoms with van der Waals surface area (Å²) in [6.45, 7) is 1.92. The number of nitrogens with one attached hydrogen (secondary N) is 1. The predicted octanol–water partition coefficient (Wildman–Crippen LogP) is 2.94. The van der Waals surface area contributed by atoms with Gasteiger partial charge in [0.2, 0.25) is 0 Å². The number of ether oxygens (including phenoxy) is 1. The van der Waals surface area contributed by atoms with E-state index >= 15 is 0 Å². The molecular weight excluding hydrogens is 388 g/mol. The maximum absolute atomic E-state index is 13.2. The van der Waals surface area contributed by atoms with Crippen molar-refractivity contribution in [2.24, 2.45) is 11.8 Å². The molecule has 2 aromatic carbocycles. The molecule has 160 valence electrons. The molecule has 0 bridgehead atoms. The van der Waals surface area contributed by atoms with E-state index in [1.807, 2.05) is 36.4 Å². The topological polar surface area (TPSA) is 68.6 Å². The number of methoxy groups -OCH3 is 1. The van der Waals surface area contributed by atoms with Gasteiger partial charge in [-0.1, -0.05) is 48.5 Å². The molecule has 3 aliphatic rings. The number of rotatable bonds is 4. The first-order chi connectivity index (χ1) is 15.2. The van der Waals surface area contributed by atoms with Crippen LogP contribution in [0.5, 0.6) is 0 Å². The van der Waals surface area contributed by atoms with Gasteiger partial charge in [-0.2, -0.15) is 5.26 Å². The highest BCUT2D eigenvalue weighted by Gasteiger charge is 2.57. The molecule has 2 aromatic rings. The van der Waals surface area contributed by atoms with E-state index in [1.165, 1.54) is 7.11 Å². The summed E-state index contributed by atoms with van der Waals surface area (Å²) < 4.78 is 5.30. The van der Waals surface area contributed by atoms with Crippen LogP contribution in [0.3, 0.4) is 0 Å². The molecule has 0 aromatic heterocycles. The Kier molecular flexibility index (Phi) is 5.39. The third-order valence-corrected chi connectivity index (χ3v) is 7.21. The van der Waals surface area contributed by atoms with Crippen LogP contribution >= 0.6 is 0 Å². The summed E-state index contributed by atoms with van der Waals surface area (Å²) in [6.07, 6.45) is 2.29. The van der Waals surface area contributed by atoms with Crippen LogP contribution in [0.1, 0.15) is 24.4 Å². The zero-order chi connectivity index (χ0) is 21.4. The Morgan fingerprint density at radius 3 is 2.52 bits per heavy atom. The number of para-hydroxylation sites is 1. The minimum Gasteiger partial charge on any atom is -0.469 e. The SMILES string of the molecule is COC(=O)[C@@H]1[C@@H]([C@H]2N(c3ccccc3)C[C@@H]3CCCN32)[C@H](C#N)N[C@@H]1c1ccccc1. The number of benzene rings is 2. The minimum atomic E-state index is -0.440. The Morgan fingerprint density at radius 1 is 1.13 bits per heavy atom. The van der Waals surface area contributed by atoms with Crippen LogP contribution in [0, 0.1) is 23.2 Å². The van der Waals surface area contributed by atoms with Gasteiger partial charge in [0, 0.05) is 36.8 Å². The smallest absolute Gasteiger partial charge is 0.311 e. The second-order valence-corrected chi connectivity index (χ2v) is 8.72. The van der Waals surface area contributed by atoms with Gasteiger partial charge in [0.15, 0.2) is 0 Å². The van der Waals surface area contributed by atoms with E-state index in [0.29, 0.717) is 6.04 Å². The van der Waals surface area contributed by atoms with Crippen LogP contribution in [0.4, 0.5) is 5.69 Å². The van der Waals surface area contributed by atoms with Crippen molar-refractivity contribution in [2.45, 2.75) is 37.1 Å². The highest BCUT2D eigenvalue weighted by atomic mass is 16.5. The maximum atomic E-state index is 13.2. The van der Waals surface area contributed by atoms with E-state index in [1.54, 1.807) is 0 Å². The normalized spacial score (nSPS) is 32.6. The number of nitrogens with zero attached hydrogens (tertiary/aromatic N) is 3. The molecule has 6 nitrogen and oxygen atoms in total. The standard InChI is InChI=1S/C25H28N4O2/c1-31-25(30)22-21(20(15-26)27-23(22)17-9-4-2-5-10-17)24-28-14-8-13-19(28)16-29(24)18-11-6-3-7-12-18/h2-7,9-12,19-24,27H,8,13-14,16H2,1H3/t19-,20-,21-,22+,23+,24+/m0/s1. The van der Waals surface area contributed by atoms with Crippen LogP contribution in [-0.2, 0) is 9.53 Å². The molecule has 3 heterocycles. The molecular formula is C25H28N4O2. The van der Waals surface area contributed by atoms with E-state index in [0.717, 1.165) is 37.2 Å². The second kappa shape index (κ2) is 8.33. The Bertz CT molecular complexity index is 960. The molecule has 0 spiro atoms. The van der Waals surface area contributed by atoms with Crippen LogP contribution in [0.2, 0.25) is 0 Å². The third-order valence-electron chi connectivity index (χ3n) is 7.21. The summed E-state index contributed by atoms with van der Waals surface area (Å²) in [5, 5.41) is 13.6. The van der Waals surface area contributed by atoms with E-state index in [-0.39, 0.29) is 24.1 Å². The van der Waals surface area contributed by atoms with E-state index in [2.05, 4.69) is 45.5 Å². The van der Waals surface area contributed by atoms with E-state index in [4.69, 9.17) is 4.74 Å². The van der Waals surface area contributed by atoms with Crippen LogP contribution < -0.4 is 10.2 Å². The maximum Gasteiger partial charge on any atom is 0.311 e. The zero-order valence-corrected chi connectivity index (χ0v) is 17.7. The Labute approximate surface area is 183 Å². The average molecular weight is 417 g/mol. The van der Waals surface area contributed by atoms with Crippen molar-refractivity contribution in [2.75, 3.05) is 25.1 Å². The minimum absolute atomic E-state index is 0.0233. The molecule has 0 saturated carbocycles. The van der Waals surface area contributed by atoms with Crippen LogP contribution in [0.15, 0.2) is 60.7 Å². The highest BCUT2D eigenvalue weighted by molar-refractivity contribution is 5.75. The van der Waals surface area contributed by atoms with Crippen molar-refractivity contribution < 1.29 is 9.53 Å². The molecule has 0 aliphatic carbocycles. The van der Waals surface area contributed by atoms with Gasteiger partial charge < -0.3 is 9.64 Å². The van der Waals surface area contributed by atoms with E-state index < -0.39 is 12.0 Å². The number of esters is 1. The van der Waals surface area contributed by atoms with Gasteiger partial charge in [0.05, 0.1) is 25.3 Å². The molecule has 6 heteroatoms. The number of nitriles is 1. The monoisotopic (exact) mass is 416 g/mol. The van der Waals surface area contributed by atoms with E-state index in [9.17, 15) is 10.1 Å². The average Bonchev–Trinajstić information content (AvgIpc) is 3.52. The lowest BCUT2D eigenvalue weighted by Gasteiger charge is -2.38. The van der Waals surface area contributed by atoms with Gasteiger partial charge in [-0.25, -0.2) is 0 Å². The van der Waals surface area contributed by atoms with Gasteiger partial charge in [-0.05, 0) is 30.5 Å². The largest absolute Gasteiger partial charge is 0.469 e. The van der Waals surface area contributed by atoms with Gasteiger partial charge >= 0.3 is 5.97 Å². The number of hydrogen-bond acceptors (Lipinski definition) is 6. The lowest BCUT2D eigenvalue weighted by atomic mass is 9.82. The molecule has 3 fully saturated rings. The third kappa shape index (κ3) is 3.38. The van der Waals surface area contributed by atoms with Crippen molar-refractivity contribution >= 4 is 11.7 Å². The first kappa shape index (κ1) is 20.0. The summed E-state index contributed by atoms with van der Waals surface area (Å²) in [5.74, 6) is -0.890. The number of hydrogen-bond donors (Lipinski definition) is 1. The van der Waals surface area contributed by atoms with Gasteiger partial charge in [-0.3, -0.25) is 15.0 Å². The molecule has 0 unspecified atom stereocenters. The van der Waals surface area contributed by atoms with Gasteiger partial charge in [-0.15, -0.1) is 0 Å². The van der Waals surface area contributed by atoms with Crippen molar-refractivity contribution in [1.29, 1.82) is 5.26 Å². The van der Waals surface area contributed by atoms with Crippen molar-refractivity contribution in [3.05, 3.63) is 66.2 Å². The number of carbonyl (C=O) groups excluding carboxylic acids is 1. The fourth-order valence-corrected chi connectivity index (χ4v) is 5.93. The summed E-state index contributed by atoms with van der Waals surface area (Å²) in [7, 11) is 1.45. The molecule has 5 rings (SSSR count). The van der Waals surface area contributed by atoms with Crippen molar-refractivity contribution in [3.63, 3.8) is 0 Å². The summed E-state index contributed by atoms with van der Waals surface area (Å²) >= 11 is 0. The molecule has 3 saturated heterocycles. The van der Waals surface area contributed by atoms with Crippen molar-refractivity contribution in [3.8, 4) is 6.07 Å². The molecule has 6 atom stereocenters. The summed E-state index contributed by atoms with van der Waals surface area (Å²) in [6, 6.07) is 22.6. The molecule has 0 amide bonds. The number of fused-ring (bicyclic) bond motifs is 1. The zero-order valence-electron chi connectivity index (χ0n) is 17.7. The summed E-state index contributed by atoms with van der Waals surface area (Å²) in [4.78, 5) is 18.1. The first-order valence-corrected chi connectivity index (χ1v) is 11.1. The molecule has 1 N–H and O–H groups in total. The molecule has 0 radical (unpaired) electrons. The fraction of sp³-hybridized carbons (Fsp3) is 0.440. The van der Waals surface area contributed by atoms with Crippen LogP contribution in [0.25, 0.3) is 0 Å². The molecule has 31 heavy (non-hydrogen) atoms. The van der Waals surface area contributed by atoms with Crippen molar-refractivity contribution in [1.82, 2.24) is 10.2 Å². The van der Waals surface area contributed by atoms with Crippen LogP contribution in [-0.4, -0.2) is 49.3 Å². The van der Waals surface area contributed by atoms with Gasteiger partial charge in [0.1, 0.15) is 6.04 Å². The first-order valence-electron chi connectivity index (χ1n) is 11.1. The van der Waals surface area contributed by atoms with Gasteiger partial charge in [0.25, 0.3) is 0 Å². The Hall–Kier alpha value is -2.88. The number of anilines is 1. The number of carbonyl (C=O) groups is 1. The molecule has 3 aliphatic heterocycles.